The fourth-order valence-corrected chi connectivity index (χ4v) is 0.824. The van der Waals surface area contributed by atoms with Crippen LogP contribution in [0.2, 0.25) is 0 Å². The molecule has 0 aromatic carbocycles. The van der Waals surface area contributed by atoms with Gasteiger partial charge in [0.2, 0.25) is 0 Å². The van der Waals surface area contributed by atoms with Gasteiger partial charge in [0, 0.05) is 13.2 Å². The first-order valence-electron chi connectivity index (χ1n) is 2.97. The molecule has 0 N–H and O–H groups in total. The molecule has 0 spiro atoms. The molecule has 9 heavy (non-hydrogen) atoms. The topological polar surface area (TPSA) is 30.4 Å². The van der Waals surface area contributed by atoms with Crippen LogP contribution in [0.3, 0.4) is 0 Å². The van der Waals surface area contributed by atoms with Crippen molar-refractivity contribution in [1.82, 2.24) is 9.78 Å². The summed E-state index contributed by atoms with van der Waals surface area (Å²) in [7, 11) is 1.91. The normalized spacial score (nSPS) is 24.3. The maximum absolute atomic E-state index is 5.03. The molecule has 2 rings (SSSR count). The molecule has 1 unspecified atom stereocenters. The Morgan fingerprint density at radius 1 is 1.89 bits per heavy atom. The lowest BCUT2D eigenvalue weighted by atomic mass is 10.3. The summed E-state index contributed by atoms with van der Waals surface area (Å²) in [5, 5.41) is 4.16. The summed E-state index contributed by atoms with van der Waals surface area (Å²) in [5.74, 6) is 0. The minimum atomic E-state index is 0.297. The third-order valence-corrected chi connectivity index (χ3v) is 1.40. The van der Waals surface area contributed by atoms with E-state index in [0.29, 0.717) is 6.10 Å². The minimum absolute atomic E-state index is 0.297. The smallest absolute Gasteiger partial charge is 0.125 e. The van der Waals surface area contributed by atoms with E-state index in [4.69, 9.17) is 4.74 Å². The molecule has 1 aliphatic rings. The minimum Gasteiger partial charge on any atom is -0.366 e. The van der Waals surface area contributed by atoms with Gasteiger partial charge in [-0.3, -0.25) is 4.68 Å². The number of epoxide rings is 1. The van der Waals surface area contributed by atoms with Crippen LogP contribution in [0.4, 0.5) is 0 Å². The van der Waals surface area contributed by atoms with Crippen LogP contribution in [0.1, 0.15) is 11.8 Å². The van der Waals surface area contributed by atoms with Crippen molar-refractivity contribution in [3.05, 3.63) is 18.0 Å². The third kappa shape index (κ3) is 0.833. The van der Waals surface area contributed by atoms with E-state index in [1.807, 2.05) is 19.3 Å². The van der Waals surface area contributed by atoms with E-state index in [9.17, 15) is 0 Å². The van der Waals surface area contributed by atoms with Crippen LogP contribution in [0.25, 0.3) is 0 Å². The standard InChI is InChI=1S/C6H8N2O/c1-8-3-2-5(7-8)6-4-9-6/h2-3,6H,4H2,1H3. The van der Waals surface area contributed by atoms with Gasteiger partial charge < -0.3 is 4.74 Å². The molecular weight excluding hydrogens is 116 g/mol. The monoisotopic (exact) mass is 124 g/mol. The fraction of sp³-hybridized carbons (Fsp3) is 0.500. The zero-order valence-electron chi connectivity index (χ0n) is 5.24. The second-order valence-electron chi connectivity index (χ2n) is 2.24. The van der Waals surface area contributed by atoms with E-state index in [1.165, 1.54) is 0 Å². The molecule has 0 saturated carbocycles. The number of hydrogen-bond donors (Lipinski definition) is 0. The number of rotatable bonds is 1. The highest BCUT2D eigenvalue weighted by atomic mass is 16.6. The lowest BCUT2D eigenvalue weighted by molar-refractivity contribution is 0.409. The number of ether oxygens (including phenoxy) is 1. The first kappa shape index (κ1) is 4.99. The molecule has 0 amide bonds. The molecule has 1 aromatic heterocycles. The van der Waals surface area contributed by atoms with Crippen molar-refractivity contribution in [2.75, 3.05) is 6.61 Å². The Labute approximate surface area is 53.2 Å². The van der Waals surface area contributed by atoms with Crippen LogP contribution in [-0.4, -0.2) is 16.4 Å². The molecule has 3 nitrogen and oxygen atoms in total. The Bertz CT molecular complexity index is 215. The molecule has 0 bridgehead atoms. The number of aryl methyl sites for hydroxylation is 1. The van der Waals surface area contributed by atoms with Gasteiger partial charge in [-0.1, -0.05) is 0 Å². The quantitative estimate of drug-likeness (QED) is 0.510. The largest absolute Gasteiger partial charge is 0.366 e. The van der Waals surface area contributed by atoms with Gasteiger partial charge in [0.05, 0.1) is 12.3 Å². The zero-order chi connectivity index (χ0) is 6.27. The van der Waals surface area contributed by atoms with E-state index >= 15 is 0 Å². The number of nitrogens with zero attached hydrogens (tertiary/aromatic N) is 2. The second kappa shape index (κ2) is 1.57. The highest BCUT2D eigenvalue weighted by molar-refractivity contribution is 5.06. The summed E-state index contributed by atoms with van der Waals surface area (Å²) in [4.78, 5) is 0. The average molecular weight is 124 g/mol. The van der Waals surface area contributed by atoms with Gasteiger partial charge in [-0.25, -0.2) is 0 Å². The maximum atomic E-state index is 5.03. The van der Waals surface area contributed by atoms with Gasteiger partial charge >= 0.3 is 0 Å². The summed E-state index contributed by atoms with van der Waals surface area (Å²) in [6, 6.07) is 1.98. The van der Waals surface area contributed by atoms with Gasteiger partial charge in [-0.15, -0.1) is 0 Å². The van der Waals surface area contributed by atoms with Crippen LogP contribution in [-0.2, 0) is 11.8 Å². The first-order chi connectivity index (χ1) is 4.36. The molecule has 1 fully saturated rings. The van der Waals surface area contributed by atoms with Crippen molar-refractivity contribution in [2.24, 2.45) is 7.05 Å². The van der Waals surface area contributed by atoms with Gasteiger partial charge in [0.25, 0.3) is 0 Å². The summed E-state index contributed by atoms with van der Waals surface area (Å²) >= 11 is 0. The first-order valence-corrected chi connectivity index (χ1v) is 2.97. The lowest BCUT2D eigenvalue weighted by Gasteiger charge is -1.83. The van der Waals surface area contributed by atoms with Crippen molar-refractivity contribution >= 4 is 0 Å². The van der Waals surface area contributed by atoms with E-state index in [1.54, 1.807) is 4.68 Å². The number of hydrogen-bond acceptors (Lipinski definition) is 2. The van der Waals surface area contributed by atoms with Gasteiger partial charge in [-0.2, -0.15) is 5.10 Å². The van der Waals surface area contributed by atoms with Gasteiger partial charge in [0.1, 0.15) is 6.10 Å². The predicted molar refractivity (Wildman–Crippen MR) is 31.9 cm³/mol. The molecule has 1 aliphatic heterocycles. The summed E-state index contributed by atoms with van der Waals surface area (Å²) < 4.78 is 6.82. The average Bonchev–Trinajstić information content (AvgIpc) is 2.58. The van der Waals surface area contributed by atoms with Crippen LogP contribution >= 0.6 is 0 Å². The molecular formula is C6H8N2O. The second-order valence-corrected chi connectivity index (χ2v) is 2.24. The highest BCUT2D eigenvalue weighted by Crippen LogP contribution is 2.27. The van der Waals surface area contributed by atoms with Crippen LogP contribution < -0.4 is 0 Å². The molecule has 2 heterocycles. The SMILES string of the molecule is Cn1ccc(C2CO2)n1. The third-order valence-electron chi connectivity index (χ3n) is 1.40. The Kier molecular flexibility index (Phi) is 0.873. The molecule has 0 radical (unpaired) electrons. The van der Waals surface area contributed by atoms with Crippen LogP contribution in [0, 0.1) is 0 Å². The van der Waals surface area contributed by atoms with Gasteiger partial charge in [0.15, 0.2) is 0 Å². The summed E-state index contributed by atoms with van der Waals surface area (Å²) in [6.07, 6.45) is 2.22. The molecule has 1 atom stereocenters. The van der Waals surface area contributed by atoms with E-state index < -0.39 is 0 Å². The molecule has 48 valence electrons. The highest BCUT2D eigenvalue weighted by Gasteiger charge is 2.26. The number of aromatic nitrogens is 2. The van der Waals surface area contributed by atoms with Gasteiger partial charge in [-0.05, 0) is 6.07 Å². The van der Waals surface area contributed by atoms with E-state index in [0.717, 1.165) is 12.3 Å². The van der Waals surface area contributed by atoms with Crippen LogP contribution in [0.5, 0.6) is 0 Å². The molecule has 0 aliphatic carbocycles. The van der Waals surface area contributed by atoms with E-state index in [-0.39, 0.29) is 0 Å². The van der Waals surface area contributed by atoms with Crippen molar-refractivity contribution in [1.29, 1.82) is 0 Å². The van der Waals surface area contributed by atoms with E-state index in [2.05, 4.69) is 5.10 Å². The predicted octanol–water partition coefficient (Wildman–Crippen LogP) is 0.491. The fourth-order valence-electron chi connectivity index (χ4n) is 0.824. The molecule has 1 aromatic rings. The Balaban J connectivity index is 2.28. The Morgan fingerprint density at radius 2 is 2.67 bits per heavy atom. The van der Waals surface area contributed by atoms with Crippen molar-refractivity contribution in [3.63, 3.8) is 0 Å². The Hall–Kier alpha value is -0.830. The van der Waals surface area contributed by atoms with Crippen molar-refractivity contribution in [3.8, 4) is 0 Å². The lowest BCUT2D eigenvalue weighted by Crippen LogP contribution is -1.89. The maximum Gasteiger partial charge on any atom is 0.125 e. The molecule has 1 saturated heterocycles. The van der Waals surface area contributed by atoms with Crippen LogP contribution in [0.15, 0.2) is 12.3 Å². The van der Waals surface area contributed by atoms with Crippen molar-refractivity contribution in [2.45, 2.75) is 6.10 Å². The summed E-state index contributed by atoms with van der Waals surface area (Å²) in [5.41, 5.74) is 1.05. The van der Waals surface area contributed by atoms with Crippen molar-refractivity contribution < 1.29 is 4.74 Å². The Morgan fingerprint density at radius 3 is 3.11 bits per heavy atom. The zero-order valence-corrected chi connectivity index (χ0v) is 5.24. The summed E-state index contributed by atoms with van der Waals surface area (Å²) in [6.45, 7) is 0.844. The molecule has 3 heteroatoms.